The molecular weight excluding hydrogens is 456 g/mol. The van der Waals surface area contributed by atoms with E-state index in [9.17, 15) is 24.9 Å². The summed E-state index contributed by atoms with van der Waals surface area (Å²) < 4.78 is 17.1. The maximum atomic E-state index is 12.1. The number of unbranched alkanes of at least 4 members (excludes halogenated alkanes) is 5. The molecule has 0 bridgehead atoms. The van der Waals surface area contributed by atoms with Crippen molar-refractivity contribution >= 4 is 11.9 Å². The van der Waals surface area contributed by atoms with E-state index >= 15 is 0 Å². The highest BCUT2D eigenvalue weighted by atomic mass is 16.6. The molecule has 8 atom stereocenters. The number of fused-ring (bicyclic) bond motifs is 1. The molecule has 0 aromatic heterocycles. The zero-order chi connectivity index (χ0) is 26.0. The average Bonchev–Trinajstić information content (AvgIpc) is 3.23. The fraction of sp³-hybridized carbons (Fsp3) is 0.846. The van der Waals surface area contributed by atoms with Gasteiger partial charge in [0, 0.05) is 24.3 Å². The van der Waals surface area contributed by atoms with Crippen molar-refractivity contribution in [2.24, 2.45) is 11.8 Å². The number of esters is 1. The summed E-state index contributed by atoms with van der Waals surface area (Å²) in [4.78, 5) is 22.6. The largest absolute Gasteiger partial charge is 0.481 e. The number of ether oxygens (including phenoxy) is 3. The van der Waals surface area contributed by atoms with Crippen LogP contribution in [0.15, 0.2) is 11.6 Å². The third-order valence-corrected chi connectivity index (χ3v) is 7.17. The van der Waals surface area contributed by atoms with E-state index < -0.39 is 48.6 Å². The lowest BCUT2D eigenvalue weighted by Crippen LogP contribution is -2.48. The van der Waals surface area contributed by atoms with Crippen LogP contribution in [0.1, 0.15) is 78.6 Å². The van der Waals surface area contributed by atoms with Crippen LogP contribution in [0.5, 0.6) is 0 Å². The molecule has 8 unspecified atom stereocenters. The summed E-state index contributed by atoms with van der Waals surface area (Å²) in [7, 11) is 0. The number of hydrogen-bond donors (Lipinski definition) is 4. The molecule has 0 radical (unpaired) electrons. The van der Waals surface area contributed by atoms with E-state index in [2.05, 4.69) is 0 Å². The van der Waals surface area contributed by atoms with Crippen LogP contribution >= 0.6 is 0 Å². The number of hydrogen-bond acceptors (Lipinski definition) is 8. The van der Waals surface area contributed by atoms with Gasteiger partial charge in [-0.3, -0.25) is 4.79 Å². The second-order valence-corrected chi connectivity index (χ2v) is 10.2. The number of carbonyl (C=O) groups is 2. The third-order valence-electron chi connectivity index (χ3n) is 7.17. The van der Waals surface area contributed by atoms with Gasteiger partial charge in [-0.1, -0.05) is 38.2 Å². The average molecular weight is 501 g/mol. The summed E-state index contributed by atoms with van der Waals surface area (Å²) in [6.07, 6.45) is 4.09. The van der Waals surface area contributed by atoms with E-state index in [0.717, 1.165) is 37.7 Å². The van der Waals surface area contributed by atoms with Gasteiger partial charge in [0.1, 0.15) is 6.10 Å². The molecule has 2 aliphatic rings. The van der Waals surface area contributed by atoms with Crippen LogP contribution in [0.3, 0.4) is 0 Å². The fourth-order valence-electron chi connectivity index (χ4n) is 4.78. The zero-order valence-corrected chi connectivity index (χ0v) is 21.3. The molecule has 0 amide bonds. The molecule has 0 spiro atoms. The van der Waals surface area contributed by atoms with E-state index in [-0.39, 0.29) is 18.3 Å². The zero-order valence-electron chi connectivity index (χ0n) is 21.3. The molecule has 9 heteroatoms. The monoisotopic (exact) mass is 500 g/mol. The van der Waals surface area contributed by atoms with E-state index in [4.69, 9.17) is 19.3 Å². The van der Waals surface area contributed by atoms with Gasteiger partial charge in [0.2, 0.25) is 0 Å². The Bertz CT molecular complexity index is 692. The number of aliphatic carboxylic acids is 1. The highest BCUT2D eigenvalue weighted by Gasteiger charge is 2.48. The van der Waals surface area contributed by atoms with E-state index in [1.807, 2.05) is 0 Å². The van der Waals surface area contributed by atoms with Gasteiger partial charge in [0.25, 0.3) is 0 Å². The molecule has 2 heterocycles. The van der Waals surface area contributed by atoms with Crippen molar-refractivity contribution in [2.45, 2.75) is 115 Å². The Balaban J connectivity index is 1.68. The first-order chi connectivity index (χ1) is 16.6. The Kier molecular flexibility index (Phi) is 12.6. The lowest BCUT2D eigenvalue weighted by atomic mass is 9.87. The predicted molar refractivity (Wildman–Crippen MR) is 129 cm³/mol. The Hall–Kier alpha value is -1.52. The molecule has 9 nitrogen and oxygen atoms in total. The van der Waals surface area contributed by atoms with Crippen molar-refractivity contribution < 1.29 is 44.2 Å². The van der Waals surface area contributed by atoms with Gasteiger partial charge in [-0.15, -0.1) is 0 Å². The summed E-state index contributed by atoms with van der Waals surface area (Å²) in [6.45, 7) is 5.96. The molecule has 0 aromatic carbocycles. The Labute approximate surface area is 208 Å². The second-order valence-electron chi connectivity index (χ2n) is 10.2. The number of rotatable bonds is 15. The van der Waals surface area contributed by atoms with Crippen LogP contribution in [0.4, 0.5) is 0 Å². The summed E-state index contributed by atoms with van der Waals surface area (Å²) >= 11 is 0. The first kappa shape index (κ1) is 29.7. The number of aliphatic hydroxyl groups is 3. The van der Waals surface area contributed by atoms with Crippen molar-refractivity contribution in [3.05, 3.63) is 11.6 Å². The van der Waals surface area contributed by atoms with Gasteiger partial charge >= 0.3 is 11.9 Å². The Morgan fingerprint density at radius 1 is 1.09 bits per heavy atom. The molecule has 35 heavy (non-hydrogen) atoms. The molecule has 4 N–H and O–H groups in total. The van der Waals surface area contributed by atoms with Gasteiger partial charge in [-0.25, -0.2) is 4.79 Å². The van der Waals surface area contributed by atoms with Crippen molar-refractivity contribution in [1.29, 1.82) is 0 Å². The molecule has 0 aliphatic carbocycles. The number of carboxylic acid groups (broad SMARTS) is 1. The van der Waals surface area contributed by atoms with E-state index in [1.54, 1.807) is 20.8 Å². The first-order valence-electron chi connectivity index (χ1n) is 13.0. The van der Waals surface area contributed by atoms with Gasteiger partial charge in [0.15, 0.2) is 0 Å². The van der Waals surface area contributed by atoms with Gasteiger partial charge in [-0.2, -0.15) is 0 Å². The quantitative estimate of drug-likeness (QED) is 0.152. The predicted octanol–water partition coefficient (Wildman–Crippen LogP) is 2.59. The van der Waals surface area contributed by atoms with Crippen LogP contribution in [0.25, 0.3) is 0 Å². The maximum Gasteiger partial charge on any atom is 0.330 e. The molecule has 2 fully saturated rings. The van der Waals surface area contributed by atoms with Crippen molar-refractivity contribution in [2.75, 3.05) is 13.2 Å². The molecule has 2 aliphatic heterocycles. The van der Waals surface area contributed by atoms with Crippen LogP contribution in [-0.2, 0) is 23.8 Å². The van der Waals surface area contributed by atoms with Gasteiger partial charge < -0.3 is 34.6 Å². The molecule has 0 aromatic rings. The van der Waals surface area contributed by atoms with Crippen molar-refractivity contribution in [1.82, 2.24) is 0 Å². The first-order valence-corrected chi connectivity index (χ1v) is 13.0. The Morgan fingerprint density at radius 3 is 2.40 bits per heavy atom. The minimum absolute atomic E-state index is 0.0199. The number of carbonyl (C=O) groups excluding carboxylic acids is 1. The Morgan fingerprint density at radius 2 is 1.74 bits per heavy atom. The lowest BCUT2D eigenvalue weighted by Gasteiger charge is -2.36. The smallest absolute Gasteiger partial charge is 0.330 e. The molecule has 2 saturated heterocycles. The summed E-state index contributed by atoms with van der Waals surface area (Å²) in [6, 6.07) is 0. The third kappa shape index (κ3) is 9.80. The molecule has 0 saturated carbocycles. The maximum absolute atomic E-state index is 12.1. The normalized spacial score (nSPS) is 29.3. The minimum atomic E-state index is -0.873. The van der Waals surface area contributed by atoms with Crippen LogP contribution in [0.2, 0.25) is 0 Å². The summed E-state index contributed by atoms with van der Waals surface area (Å²) in [5.41, 5.74) is 0.744. The van der Waals surface area contributed by atoms with Gasteiger partial charge in [0.05, 0.1) is 43.7 Å². The topological polar surface area (TPSA) is 143 Å². The van der Waals surface area contributed by atoms with E-state index in [1.165, 1.54) is 6.08 Å². The van der Waals surface area contributed by atoms with Gasteiger partial charge in [-0.05, 0) is 39.5 Å². The second kappa shape index (κ2) is 14.9. The van der Waals surface area contributed by atoms with E-state index in [0.29, 0.717) is 32.5 Å². The molecular formula is C26H44O9. The van der Waals surface area contributed by atoms with Crippen LogP contribution in [0, 0.1) is 11.8 Å². The number of carboxylic acids is 1. The highest BCUT2D eigenvalue weighted by Crippen LogP contribution is 2.38. The molecule has 202 valence electrons. The highest BCUT2D eigenvalue weighted by molar-refractivity contribution is 5.82. The van der Waals surface area contributed by atoms with Crippen LogP contribution in [-0.4, -0.2) is 82.2 Å². The number of aliphatic hydroxyl groups excluding tert-OH is 3. The lowest BCUT2D eigenvalue weighted by molar-refractivity contribution is -0.170. The van der Waals surface area contributed by atoms with Crippen molar-refractivity contribution in [3.63, 3.8) is 0 Å². The SMILES string of the molecule is CC(=CC(=O)OCCCCCCCCC(=O)O)CC1OCC2CC(C(O)C(C)C(C)O)OC2C1O. The minimum Gasteiger partial charge on any atom is -0.481 e. The standard InChI is InChI=1S/C26H44O9/c1-16(13-23(30)33-11-9-7-5-4-6-8-10-22(28)29)12-20-25(32)26-19(15-34-20)14-21(35-26)24(31)17(2)18(3)27/h13,17-21,24-27,31-32H,4-12,14-15H2,1-3H3,(H,28,29). The van der Waals surface area contributed by atoms with Crippen molar-refractivity contribution in [3.8, 4) is 0 Å². The summed E-state index contributed by atoms with van der Waals surface area (Å²) in [5, 5.41) is 39.7. The fourth-order valence-corrected chi connectivity index (χ4v) is 4.78. The summed E-state index contributed by atoms with van der Waals surface area (Å²) in [5.74, 6) is -1.53. The van der Waals surface area contributed by atoms with Crippen LogP contribution < -0.4 is 0 Å². The molecule has 2 rings (SSSR count).